The second kappa shape index (κ2) is 7.96. The van der Waals surface area contributed by atoms with Crippen LogP contribution in [-0.2, 0) is 9.53 Å². The van der Waals surface area contributed by atoms with Gasteiger partial charge in [0.05, 0.1) is 7.11 Å². The highest BCUT2D eigenvalue weighted by atomic mass is 16.5. The number of ether oxygens (including phenoxy) is 1. The normalized spacial score (nSPS) is 10.1. The van der Waals surface area contributed by atoms with Gasteiger partial charge < -0.3 is 15.0 Å². The molecule has 0 saturated heterocycles. The Hall–Kier alpha value is -1.26. The summed E-state index contributed by atoms with van der Waals surface area (Å²) in [4.78, 5) is 24.3. The quantitative estimate of drug-likeness (QED) is 0.554. The van der Waals surface area contributed by atoms with Crippen molar-refractivity contribution < 1.29 is 14.3 Å². The average Bonchev–Trinajstić information content (AvgIpc) is 2.25. The minimum atomic E-state index is -0.403. The Kier molecular flexibility index (Phi) is 7.33. The standard InChI is InChI=1S/C11H22N2O3/c1-5-6-7-12-11(15)13(9(2)3)8-10(14)16-4/h9H,5-8H2,1-4H3,(H,12,15). The molecule has 0 aromatic heterocycles. The van der Waals surface area contributed by atoms with Gasteiger partial charge in [-0.2, -0.15) is 0 Å². The molecule has 0 aromatic carbocycles. The van der Waals surface area contributed by atoms with Crippen molar-refractivity contribution >= 4 is 12.0 Å². The highest BCUT2D eigenvalue weighted by molar-refractivity contribution is 5.81. The summed E-state index contributed by atoms with van der Waals surface area (Å²) in [6.45, 7) is 6.41. The van der Waals surface area contributed by atoms with E-state index in [-0.39, 0.29) is 18.6 Å². The number of hydrogen-bond donors (Lipinski definition) is 1. The van der Waals surface area contributed by atoms with Gasteiger partial charge in [-0.1, -0.05) is 13.3 Å². The zero-order valence-electron chi connectivity index (χ0n) is 10.6. The molecule has 0 aliphatic heterocycles. The van der Waals surface area contributed by atoms with Crippen LogP contribution in [0.5, 0.6) is 0 Å². The average molecular weight is 230 g/mol. The summed E-state index contributed by atoms with van der Waals surface area (Å²) in [5.74, 6) is -0.403. The third-order valence-electron chi connectivity index (χ3n) is 2.22. The summed E-state index contributed by atoms with van der Waals surface area (Å²) in [6, 6.07) is -0.241. The molecule has 0 heterocycles. The lowest BCUT2D eigenvalue weighted by atomic mass is 10.3. The van der Waals surface area contributed by atoms with E-state index < -0.39 is 5.97 Å². The van der Waals surface area contributed by atoms with Crippen LogP contribution in [0.3, 0.4) is 0 Å². The van der Waals surface area contributed by atoms with Crippen molar-refractivity contribution in [3.05, 3.63) is 0 Å². The van der Waals surface area contributed by atoms with Gasteiger partial charge in [-0.3, -0.25) is 4.79 Å². The van der Waals surface area contributed by atoms with Crippen LogP contribution in [0.25, 0.3) is 0 Å². The van der Waals surface area contributed by atoms with Crippen LogP contribution in [0.2, 0.25) is 0 Å². The first-order valence-corrected chi connectivity index (χ1v) is 5.64. The van der Waals surface area contributed by atoms with Gasteiger partial charge in [0.2, 0.25) is 0 Å². The molecule has 0 unspecified atom stereocenters. The lowest BCUT2D eigenvalue weighted by molar-refractivity contribution is -0.141. The summed E-state index contributed by atoms with van der Waals surface area (Å²) in [5.41, 5.74) is 0. The van der Waals surface area contributed by atoms with Gasteiger partial charge in [0.1, 0.15) is 6.54 Å². The number of carbonyl (C=O) groups is 2. The summed E-state index contributed by atoms with van der Waals surface area (Å²) in [6.07, 6.45) is 1.97. The maximum absolute atomic E-state index is 11.7. The Balaban J connectivity index is 4.19. The van der Waals surface area contributed by atoms with Crippen molar-refractivity contribution in [2.45, 2.75) is 39.7 Å². The second-order valence-electron chi connectivity index (χ2n) is 3.88. The van der Waals surface area contributed by atoms with E-state index >= 15 is 0 Å². The highest BCUT2D eigenvalue weighted by Gasteiger charge is 2.19. The molecule has 0 radical (unpaired) electrons. The van der Waals surface area contributed by atoms with Crippen molar-refractivity contribution in [1.29, 1.82) is 0 Å². The van der Waals surface area contributed by atoms with Crippen molar-refractivity contribution in [3.63, 3.8) is 0 Å². The second-order valence-corrected chi connectivity index (χ2v) is 3.88. The summed E-state index contributed by atoms with van der Waals surface area (Å²) in [5, 5.41) is 2.77. The van der Waals surface area contributed by atoms with E-state index in [2.05, 4.69) is 17.0 Å². The van der Waals surface area contributed by atoms with Gasteiger partial charge >= 0.3 is 12.0 Å². The van der Waals surface area contributed by atoms with E-state index in [0.29, 0.717) is 6.54 Å². The molecule has 0 aromatic rings. The Bertz CT molecular complexity index is 229. The van der Waals surface area contributed by atoms with Crippen LogP contribution in [0.4, 0.5) is 4.79 Å². The maximum atomic E-state index is 11.7. The molecule has 0 atom stereocenters. The van der Waals surface area contributed by atoms with Gasteiger partial charge in [0, 0.05) is 12.6 Å². The number of rotatable bonds is 6. The van der Waals surface area contributed by atoms with Gasteiger partial charge in [0.15, 0.2) is 0 Å². The first-order chi connectivity index (χ1) is 7.52. The van der Waals surface area contributed by atoms with Crippen molar-refractivity contribution in [3.8, 4) is 0 Å². The highest BCUT2D eigenvalue weighted by Crippen LogP contribution is 1.99. The topological polar surface area (TPSA) is 58.6 Å². The number of unbranched alkanes of at least 4 members (excludes halogenated alkanes) is 1. The zero-order chi connectivity index (χ0) is 12.6. The number of hydrogen-bond acceptors (Lipinski definition) is 3. The van der Waals surface area contributed by atoms with Crippen LogP contribution in [0, 0.1) is 0 Å². The number of amides is 2. The Morgan fingerprint density at radius 2 is 2.00 bits per heavy atom. The van der Waals surface area contributed by atoms with Crippen LogP contribution in [0.15, 0.2) is 0 Å². The van der Waals surface area contributed by atoms with Crippen LogP contribution >= 0.6 is 0 Å². The zero-order valence-corrected chi connectivity index (χ0v) is 10.6. The van der Waals surface area contributed by atoms with E-state index in [1.54, 1.807) is 0 Å². The fourth-order valence-corrected chi connectivity index (χ4v) is 1.17. The molecule has 5 nitrogen and oxygen atoms in total. The number of nitrogens with one attached hydrogen (secondary N) is 1. The number of nitrogens with zero attached hydrogens (tertiary/aromatic N) is 1. The van der Waals surface area contributed by atoms with Gasteiger partial charge in [-0.15, -0.1) is 0 Å². The van der Waals surface area contributed by atoms with Crippen molar-refractivity contribution in [1.82, 2.24) is 10.2 Å². The Morgan fingerprint density at radius 3 is 2.44 bits per heavy atom. The first kappa shape index (κ1) is 14.7. The Morgan fingerprint density at radius 1 is 1.38 bits per heavy atom. The molecular weight excluding hydrogens is 208 g/mol. The number of urea groups is 1. The molecular formula is C11H22N2O3. The SMILES string of the molecule is CCCCNC(=O)N(CC(=O)OC)C(C)C. The third-order valence-corrected chi connectivity index (χ3v) is 2.22. The van der Waals surface area contributed by atoms with Crippen molar-refractivity contribution in [2.75, 3.05) is 20.2 Å². The summed E-state index contributed by atoms with van der Waals surface area (Å²) in [7, 11) is 1.32. The molecule has 0 rings (SSSR count). The molecule has 0 aliphatic rings. The van der Waals surface area contributed by atoms with E-state index in [9.17, 15) is 9.59 Å². The molecule has 1 N–H and O–H groups in total. The number of methoxy groups -OCH3 is 1. The minimum Gasteiger partial charge on any atom is -0.468 e. The molecule has 0 fully saturated rings. The monoisotopic (exact) mass is 230 g/mol. The predicted octanol–water partition coefficient (Wildman–Crippen LogP) is 1.38. The molecule has 5 heteroatoms. The number of esters is 1. The van der Waals surface area contributed by atoms with Crippen LogP contribution in [-0.4, -0.2) is 43.1 Å². The summed E-state index contributed by atoms with van der Waals surface area (Å²) >= 11 is 0. The molecule has 16 heavy (non-hydrogen) atoms. The molecule has 0 saturated carbocycles. The molecule has 0 spiro atoms. The smallest absolute Gasteiger partial charge is 0.325 e. The van der Waals surface area contributed by atoms with Gasteiger partial charge in [-0.05, 0) is 20.3 Å². The maximum Gasteiger partial charge on any atom is 0.325 e. The number of carbonyl (C=O) groups excluding carboxylic acids is 2. The van der Waals surface area contributed by atoms with Crippen LogP contribution < -0.4 is 5.32 Å². The molecule has 0 bridgehead atoms. The van der Waals surface area contributed by atoms with E-state index in [4.69, 9.17) is 0 Å². The largest absolute Gasteiger partial charge is 0.468 e. The van der Waals surface area contributed by atoms with E-state index in [1.165, 1.54) is 12.0 Å². The van der Waals surface area contributed by atoms with Gasteiger partial charge in [-0.25, -0.2) is 4.79 Å². The lowest BCUT2D eigenvalue weighted by Crippen LogP contribution is -2.46. The Labute approximate surface area is 97.1 Å². The predicted molar refractivity (Wildman–Crippen MR) is 62.2 cm³/mol. The molecule has 2 amide bonds. The van der Waals surface area contributed by atoms with Crippen LogP contribution in [0.1, 0.15) is 33.6 Å². The van der Waals surface area contributed by atoms with E-state index in [0.717, 1.165) is 12.8 Å². The molecule has 94 valence electrons. The van der Waals surface area contributed by atoms with Crippen molar-refractivity contribution in [2.24, 2.45) is 0 Å². The molecule has 0 aliphatic carbocycles. The van der Waals surface area contributed by atoms with Gasteiger partial charge in [0.25, 0.3) is 0 Å². The minimum absolute atomic E-state index is 0.00781. The third kappa shape index (κ3) is 5.58. The summed E-state index contributed by atoms with van der Waals surface area (Å²) < 4.78 is 4.55. The lowest BCUT2D eigenvalue weighted by Gasteiger charge is -2.25. The fourth-order valence-electron chi connectivity index (χ4n) is 1.17. The fraction of sp³-hybridized carbons (Fsp3) is 0.818. The first-order valence-electron chi connectivity index (χ1n) is 5.64. The van der Waals surface area contributed by atoms with E-state index in [1.807, 2.05) is 13.8 Å².